The molecule has 0 aromatic heterocycles. The molecular weight excluding hydrogens is 367 g/mol. The number of allylic oxidation sites excluding steroid dienone is 1. The number of carbonyl (C=O) groups is 1. The fraction of sp³-hybridized carbons (Fsp3) is 0.850. The SMILES string of the molecule is C[C@]12CCC3C4CCC(=O)C=C4CCC3C1CC[C@]2(O)C(F)(F)C(F)(F)F. The zero-order valence-electron chi connectivity index (χ0n) is 15.3. The Hall–Kier alpha value is -0.980. The Bertz CT molecular complexity index is 684. The van der Waals surface area contributed by atoms with E-state index in [1.165, 1.54) is 6.92 Å². The lowest BCUT2D eigenvalue weighted by molar-refractivity contribution is -0.363. The van der Waals surface area contributed by atoms with Crippen molar-refractivity contribution in [1.82, 2.24) is 0 Å². The van der Waals surface area contributed by atoms with E-state index in [1.807, 2.05) is 0 Å². The third-order valence-electron chi connectivity index (χ3n) is 8.33. The third-order valence-corrected chi connectivity index (χ3v) is 8.33. The van der Waals surface area contributed by atoms with E-state index in [2.05, 4.69) is 0 Å². The molecule has 0 bridgehead atoms. The Balaban J connectivity index is 1.66. The van der Waals surface area contributed by atoms with Gasteiger partial charge in [-0.05, 0) is 74.7 Å². The summed E-state index contributed by atoms with van der Waals surface area (Å²) in [6.45, 7) is 1.44. The van der Waals surface area contributed by atoms with Crippen molar-refractivity contribution in [3.05, 3.63) is 11.6 Å². The van der Waals surface area contributed by atoms with Crippen LogP contribution in [0.3, 0.4) is 0 Å². The number of alkyl halides is 5. The average molecular weight is 392 g/mol. The van der Waals surface area contributed by atoms with Gasteiger partial charge in [-0.25, -0.2) is 0 Å². The Labute approximate surface area is 155 Å². The summed E-state index contributed by atoms with van der Waals surface area (Å²) < 4.78 is 68.0. The average Bonchev–Trinajstić information content (AvgIpc) is 2.86. The minimum absolute atomic E-state index is 0.0390. The van der Waals surface area contributed by atoms with Gasteiger partial charge in [-0.2, -0.15) is 22.0 Å². The molecule has 0 heterocycles. The van der Waals surface area contributed by atoms with Crippen molar-refractivity contribution in [1.29, 1.82) is 0 Å². The van der Waals surface area contributed by atoms with Crippen molar-refractivity contribution in [2.24, 2.45) is 29.1 Å². The lowest BCUT2D eigenvalue weighted by Crippen LogP contribution is -2.65. The lowest BCUT2D eigenvalue weighted by Gasteiger charge is -2.56. The molecule has 0 aromatic carbocycles. The zero-order valence-corrected chi connectivity index (χ0v) is 15.3. The number of hydrogen-bond donors (Lipinski definition) is 1. The number of rotatable bonds is 1. The van der Waals surface area contributed by atoms with Gasteiger partial charge >= 0.3 is 12.1 Å². The van der Waals surface area contributed by atoms with E-state index in [0.29, 0.717) is 25.7 Å². The van der Waals surface area contributed by atoms with Gasteiger partial charge in [-0.15, -0.1) is 0 Å². The molecule has 27 heavy (non-hydrogen) atoms. The van der Waals surface area contributed by atoms with Gasteiger partial charge < -0.3 is 5.11 Å². The highest BCUT2D eigenvalue weighted by molar-refractivity contribution is 5.91. The van der Waals surface area contributed by atoms with Crippen LogP contribution in [0.2, 0.25) is 0 Å². The van der Waals surface area contributed by atoms with Crippen LogP contribution in [0, 0.1) is 29.1 Å². The van der Waals surface area contributed by atoms with Crippen molar-refractivity contribution in [2.75, 3.05) is 0 Å². The van der Waals surface area contributed by atoms with Crippen LogP contribution in [0.25, 0.3) is 0 Å². The molecule has 0 radical (unpaired) electrons. The highest BCUT2D eigenvalue weighted by Gasteiger charge is 2.78. The van der Waals surface area contributed by atoms with Gasteiger partial charge in [-0.1, -0.05) is 12.5 Å². The molecule has 152 valence electrons. The van der Waals surface area contributed by atoms with E-state index in [0.717, 1.165) is 12.0 Å². The second-order valence-electron chi connectivity index (χ2n) is 9.23. The van der Waals surface area contributed by atoms with Gasteiger partial charge in [-0.3, -0.25) is 4.79 Å². The molecule has 6 atom stereocenters. The second-order valence-corrected chi connectivity index (χ2v) is 9.23. The maximum Gasteiger partial charge on any atom is 0.456 e. The largest absolute Gasteiger partial charge is 0.456 e. The van der Waals surface area contributed by atoms with E-state index in [9.17, 15) is 31.9 Å². The van der Waals surface area contributed by atoms with E-state index in [-0.39, 0.29) is 42.3 Å². The molecule has 4 unspecified atom stereocenters. The van der Waals surface area contributed by atoms with Crippen molar-refractivity contribution in [3.63, 3.8) is 0 Å². The molecule has 0 aromatic rings. The summed E-state index contributed by atoms with van der Waals surface area (Å²) in [6.07, 6.45) is -1.02. The summed E-state index contributed by atoms with van der Waals surface area (Å²) >= 11 is 0. The van der Waals surface area contributed by atoms with Crippen LogP contribution in [-0.2, 0) is 4.79 Å². The van der Waals surface area contributed by atoms with Crippen molar-refractivity contribution < 1.29 is 31.9 Å². The summed E-state index contributed by atoms with van der Waals surface area (Å²) in [5.41, 5.74) is -3.37. The Morgan fingerprint density at radius 3 is 2.37 bits per heavy atom. The second kappa shape index (κ2) is 5.77. The monoisotopic (exact) mass is 392 g/mol. The highest BCUT2D eigenvalue weighted by atomic mass is 19.4. The van der Waals surface area contributed by atoms with Gasteiger partial charge in [0.1, 0.15) is 5.60 Å². The first-order valence-corrected chi connectivity index (χ1v) is 9.82. The summed E-state index contributed by atoms with van der Waals surface area (Å²) in [5.74, 6) is -4.83. The molecule has 4 aliphatic rings. The van der Waals surface area contributed by atoms with Crippen molar-refractivity contribution in [3.8, 4) is 0 Å². The summed E-state index contributed by atoms with van der Waals surface area (Å²) in [6, 6.07) is 0. The maximum atomic E-state index is 14.4. The molecule has 4 aliphatic carbocycles. The predicted octanol–water partition coefficient (Wildman–Crippen LogP) is 5.06. The molecule has 0 saturated heterocycles. The fourth-order valence-electron chi connectivity index (χ4n) is 6.95. The molecular formula is C20H25F5O2. The third kappa shape index (κ3) is 2.42. The van der Waals surface area contributed by atoms with E-state index < -0.39 is 29.5 Å². The normalized spacial score (nSPS) is 45.0. The van der Waals surface area contributed by atoms with E-state index in [4.69, 9.17) is 0 Å². The van der Waals surface area contributed by atoms with Crippen LogP contribution < -0.4 is 0 Å². The minimum atomic E-state index is -5.76. The molecule has 2 nitrogen and oxygen atoms in total. The number of carbonyl (C=O) groups excluding carboxylic acids is 1. The summed E-state index contributed by atoms with van der Waals surface area (Å²) in [5, 5.41) is 10.7. The Morgan fingerprint density at radius 1 is 1.00 bits per heavy atom. The quantitative estimate of drug-likeness (QED) is 0.634. The van der Waals surface area contributed by atoms with Gasteiger partial charge in [0.05, 0.1) is 0 Å². The Kier molecular flexibility index (Phi) is 4.13. The number of aliphatic hydroxyl groups is 1. The molecule has 3 fully saturated rings. The van der Waals surface area contributed by atoms with E-state index in [1.54, 1.807) is 6.08 Å². The Morgan fingerprint density at radius 2 is 1.70 bits per heavy atom. The zero-order chi connectivity index (χ0) is 19.8. The first kappa shape index (κ1) is 19.3. The summed E-state index contributed by atoms with van der Waals surface area (Å²) in [7, 11) is 0. The van der Waals surface area contributed by atoms with Crippen LogP contribution in [0.5, 0.6) is 0 Å². The smallest absolute Gasteiger partial charge is 0.383 e. The van der Waals surface area contributed by atoms with Gasteiger partial charge in [0.2, 0.25) is 0 Å². The predicted molar refractivity (Wildman–Crippen MR) is 88.0 cm³/mol. The number of hydrogen-bond acceptors (Lipinski definition) is 2. The first-order valence-electron chi connectivity index (χ1n) is 9.82. The highest BCUT2D eigenvalue weighted by Crippen LogP contribution is 2.69. The molecule has 0 spiro atoms. The first-order chi connectivity index (χ1) is 12.4. The van der Waals surface area contributed by atoms with Crippen LogP contribution in [-0.4, -0.2) is 28.6 Å². The van der Waals surface area contributed by atoms with Crippen LogP contribution >= 0.6 is 0 Å². The molecule has 0 aliphatic heterocycles. The van der Waals surface area contributed by atoms with Gasteiger partial charge in [0, 0.05) is 11.8 Å². The van der Waals surface area contributed by atoms with Crippen LogP contribution in [0.4, 0.5) is 22.0 Å². The van der Waals surface area contributed by atoms with E-state index >= 15 is 0 Å². The molecule has 3 saturated carbocycles. The number of fused-ring (bicyclic) bond motifs is 5. The van der Waals surface area contributed by atoms with Crippen LogP contribution in [0.15, 0.2) is 11.6 Å². The molecule has 7 heteroatoms. The molecule has 4 rings (SSSR count). The standard InChI is InChI=1S/C20H25F5O2/c1-17-8-6-14-13-5-3-12(26)10-11(13)2-4-15(14)16(17)7-9-18(17,27)19(21,22)20(23,24)25/h10,13-16,27H,2-9H2,1H3/t13?,14?,15?,16?,17-,18+/m0/s1. The topological polar surface area (TPSA) is 37.3 Å². The summed E-state index contributed by atoms with van der Waals surface area (Å²) in [4.78, 5) is 11.7. The van der Waals surface area contributed by atoms with Crippen molar-refractivity contribution >= 4 is 5.78 Å². The minimum Gasteiger partial charge on any atom is -0.383 e. The van der Waals surface area contributed by atoms with Crippen LogP contribution in [0.1, 0.15) is 58.3 Å². The van der Waals surface area contributed by atoms with Crippen molar-refractivity contribution in [2.45, 2.75) is 76.0 Å². The van der Waals surface area contributed by atoms with Gasteiger partial charge in [0.25, 0.3) is 0 Å². The lowest BCUT2D eigenvalue weighted by atomic mass is 9.50. The molecule has 0 amide bonds. The molecule has 1 N–H and O–H groups in total. The maximum absolute atomic E-state index is 14.4. The van der Waals surface area contributed by atoms with Gasteiger partial charge in [0.15, 0.2) is 5.78 Å². The fourth-order valence-corrected chi connectivity index (χ4v) is 6.95. The number of ketones is 1. The number of halogens is 5.